The first kappa shape index (κ1) is 16.7. The normalized spacial score (nSPS) is 21.9. The van der Waals surface area contributed by atoms with E-state index in [1.54, 1.807) is 30.3 Å². The second kappa shape index (κ2) is 6.60. The fraction of sp³-hybridized carbons (Fsp3) is 0.429. The molecule has 0 bridgehead atoms. The fourth-order valence-electron chi connectivity index (χ4n) is 2.53. The number of amides is 1. The molecule has 0 aliphatic carbocycles. The third-order valence-electron chi connectivity index (χ3n) is 3.58. The van der Waals surface area contributed by atoms with E-state index in [0.29, 0.717) is 0 Å². The minimum absolute atomic E-state index is 0.0633. The topological polar surface area (TPSA) is 57.6 Å². The number of rotatable bonds is 4. The number of nitrogens with zero attached hydrogens (tertiary/aromatic N) is 1. The Morgan fingerprint density at radius 2 is 1.86 bits per heavy atom. The van der Waals surface area contributed by atoms with Crippen molar-refractivity contribution in [2.45, 2.75) is 11.4 Å². The predicted molar refractivity (Wildman–Crippen MR) is 75.4 cm³/mol. The van der Waals surface area contributed by atoms with E-state index in [1.165, 1.54) is 4.90 Å². The molecule has 4 nitrogen and oxygen atoms in total. The van der Waals surface area contributed by atoms with E-state index in [4.69, 9.17) is 0 Å². The summed E-state index contributed by atoms with van der Waals surface area (Å²) in [6.45, 7) is 0.0599. The van der Waals surface area contributed by atoms with Crippen molar-refractivity contribution < 1.29 is 27.9 Å². The van der Waals surface area contributed by atoms with Gasteiger partial charge in [0, 0.05) is 19.0 Å². The van der Waals surface area contributed by atoms with Crippen LogP contribution in [0.1, 0.15) is 11.5 Å². The molecular formula is C14H14F3NO3S. The Labute approximate surface area is 129 Å². The van der Waals surface area contributed by atoms with Gasteiger partial charge in [0.15, 0.2) is 0 Å². The van der Waals surface area contributed by atoms with Crippen LogP contribution in [0.4, 0.5) is 13.2 Å². The van der Waals surface area contributed by atoms with Crippen LogP contribution in [0.15, 0.2) is 30.3 Å². The summed E-state index contributed by atoms with van der Waals surface area (Å²) >= 11 is -0.403. The van der Waals surface area contributed by atoms with Crippen molar-refractivity contribution >= 4 is 23.6 Å². The van der Waals surface area contributed by atoms with E-state index in [0.717, 1.165) is 5.56 Å². The van der Waals surface area contributed by atoms with E-state index in [9.17, 15) is 27.9 Å². The molecule has 2 rings (SSSR count). The molecule has 0 aromatic heterocycles. The number of halogens is 3. The number of hydrogen-bond donors (Lipinski definition) is 1. The molecule has 1 fully saturated rings. The molecule has 2 atom stereocenters. The van der Waals surface area contributed by atoms with Crippen molar-refractivity contribution in [1.29, 1.82) is 0 Å². The number of carbonyl (C=O) groups is 2. The molecule has 22 heavy (non-hydrogen) atoms. The number of alkyl halides is 3. The number of hydrogen-bond acceptors (Lipinski definition) is 3. The van der Waals surface area contributed by atoms with Crippen molar-refractivity contribution in [3.8, 4) is 0 Å². The second-order valence-electron chi connectivity index (χ2n) is 5.00. The molecular weight excluding hydrogens is 319 g/mol. The highest BCUT2D eigenvalue weighted by Gasteiger charge is 2.41. The summed E-state index contributed by atoms with van der Waals surface area (Å²) < 4.78 is 36.4. The zero-order valence-corrected chi connectivity index (χ0v) is 12.2. The number of thioether (sulfide) groups is 1. The number of carboxylic acids is 1. The lowest BCUT2D eigenvalue weighted by molar-refractivity contribution is -0.141. The van der Waals surface area contributed by atoms with Crippen molar-refractivity contribution in [2.75, 3.05) is 18.8 Å². The van der Waals surface area contributed by atoms with Gasteiger partial charge in [0.2, 0.25) is 5.91 Å². The Bertz CT molecular complexity index is 550. The van der Waals surface area contributed by atoms with E-state index in [2.05, 4.69) is 0 Å². The Kier molecular flexibility index (Phi) is 5.00. The van der Waals surface area contributed by atoms with Crippen LogP contribution in [-0.4, -0.2) is 46.2 Å². The SMILES string of the molecule is O=C(O)[C@@H]1CN(C(=O)CSC(F)(F)F)C[C@@H]1c1ccccc1. The fourth-order valence-corrected chi connectivity index (χ4v) is 3.00. The molecule has 0 spiro atoms. The Morgan fingerprint density at radius 1 is 1.23 bits per heavy atom. The minimum atomic E-state index is -4.47. The van der Waals surface area contributed by atoms with Gasteiger partial charge in [0.1, 0.15) is 0 Å². The summed E-state index contributed by atoms with van der Waals surface area (Å²) in [4.78, 5) is 24.4. The first-order valence-corrected chi connectivity index (χ1v) is 7.52. The quantitative estimate of drug-likeness (QED) is 0.920. The maximum atomic E-state index is 12.1. The molecule has 1 saturated heterocycles. The molecule has 1 aliphatic rings. The van der Waals surface area contributed by atoms with Gasteiger partial charge < -0.3 is 10.0 Å². The summed E-state index contributed by atoms with van der Waals surface area (Å²) in [5, 5.41) is 9.28. The van der Waals surface area contributed by atoms with Gasteiger partial charge in [-0.05, 0) is 17.3 Å². The molecule has 1 aromatic rings. The third-order valence-corrected chi connectivity index (χ3v) is 4.30. The number of likely N-dealkylation sites (tertiary alicyclic amines) is 1. The molecule has 1 amide bonds. The maximum absolute atomic E-state index is 12.1. The zero-order chi connectivity index (χ0) is 16.3. The summed E-state index contributed by atoms with van der Waals surface area (Å²) in [6.07, 6.45) is 0. The van der Waals surface area contributed by atoms with Gasteiger partial charge >= 0.3 is 11.5 Å². The lowest BCUT2D eigenvalue weighted by Gasteiger charge is -2.16. The standard InChI is InChI=1S/C14H14F3NO3S/c15-14(16,17)22-8-12(19)18-6-10(11(7-18)13(20)21)9-4-2-1-3-5-9/h1-5,10-11H,6-8H2,(H,20,21)/t10-,11-/m1/s1. The van der Waals surface area contributed by atoms with Gasteiger partial charge in [-0.3, -0.25) is 9.59 Å². The van der Waals surface area contributed by atoms with E-state index in [1.807, 2.05) is 0 Å². The second-order valence-corrected chi connectivity index (χ2v) is 6.04. The molecule has 120 valence electrons. The van der Waals surface area contributed by atoms with Crippen molar-refractivity contribution in [3.05, 3.63) is 35.9 Å². The van der Waals surface area contributed by atoms with Crippen LogP contribution in [0, 0.1) is 5.92 Å². The van der Waals surface area contributed by atoms with Gasteiger partial charge in [-0.15, -0.1) is 0 Å². The van der Waals surface area contributed by atoms with Crippen LogP contribution in [0.5, 0.6) is 0 Å². The van der Waals surface area contributed by atoms with Crippen LogP contribution < -0.4 is 0 Å². The Hall–Kier alpha value is -1.70. The lowest BCUT2D eigenvalue weighted by atomic mass is 9.89. The van der Waals surface area contributed by atoms with Crippen molar-refractivity contribution in [3.63, 3.8) is 0 Å². The first-order valence-electron chi connectivity index (χ1n) is 6.54. The molecule has 8 heteroatoms. The van der Waals surface area contributed by atoms with E-state index >= 15 is 0 Å². The number of carbonyl (C=O) groups excluding carboxylic acids is 1. The number of carboxylic acid groups (broad SMARTS) is 1. The Morgan fingerprint density at radius 3 is 2.41 bits per heavy atom. The van der Waals surface area contributed by atoms with Gasteiger partial charge in [-0.25, -0.2) is 0 Å². The zero-order valence-electron chi connectivity index (χ0n) is 11.4. The number of aliphatic carboxylic acids is 1. The molecule has 1 aliphatic heterocycles. The third kappa shape index (κ3) is 4.16. The van der Waals surface area contributed by atoms with Crippen LogP contribution in [-0.2, 0) is 9.59 Å². The van der Waals surface area contributed by atoms with Gasteiger partial charge in [-0.2, -0.15) is 13.2 Å². The highest BCUT2D eigenvalue weighted by atomic mass is 32.2. The largest absolute Gasteiger partial charge is 0.481 e. The average Bonchev–Trinajstić information content (AvgIpc) is 2.90. The minimum Gasteiger partial charge on any atom is -0.481 e. The maximum Gasteiger partial charge on any atom is 0.442 e. The van der Waals surface area contributed by atoms with Gasteiger partial charge in [0.25, 0.3) is 0 Å². The summed E-state index contributed by atoms with van der Waals surface area (Å²) in [6, 6.07) is 8.84. The monoisotopic (exact) mass is 333 g/mol. The first-order chi connectivity index (χ1) is 10.3. The highest BCUT2D eigenvalue weighted by Crippen LogP contribution is 2.35. The van der Waals surface area contributed by atoms with Crippen LogP contribution in [0.3, 0.4) is 0 Å². The van der Waals surface area contributed by atoms with Gasteiger partial charge in [0.05, 0.1) is 11.7 Å². The van der Waals surface area contributed by atoms with E-state index < -0.39 is 46.7 Å². The molecule has 0 radical (unpaired) electrons. The highest BCUT2D eigenvalue weighted by molar-refractivity contribution is 8.00. The molecule has 0 unspecified atom stereocenters. The van der Waals surface area contributed by atoms with Crippen LogP contribution in [0.2, 0.25) is 0 Å². The molecule has 0 saturated carbocycles. The van der Waals surface area contributed by atoms with E-state index in [-0.39, 0.29) is 13.1 Å². The summed E-state index contributed by atoms with van der Waals surface area (Å²) in [7, 11) is 0. The molecule has 1 N–H and O–H groups in total. The number of benzene rings is 1. The molecule has 1 aromatic carbocycles. The Balaban J connectivity index is 2.08. The average molecular weight is 333 g/mol. The lowest BCUT2D eigenvalue weighted by Crippen LogP contribution is -2.32. The van der Waals surface area contributed by atoms with Crippen molar-refractivity contribution in [1.82, 2.24) is 4.90 Å². The summed E-state index contributed by atoms with van der Waals surface area (Å²) in [5.41, 5.74) is -3.70. The van der Waals surface area contributed by atoms with Crippen molar-refractivity contribution in [2.24, 2.45) is 5.92 Å². The predicted octanol–water partition coefficient (Wildman–Crippen LogP) is 2.57. The molecule has 1 heterocycles. The smallest absolute Gasteiger partial charge is 0.442 e. The van der Waals surface area contributed by atoms with Gasteiger partial charge in [-0.1, -0.05) is 30.3 Å². The van der Waals surface area contributed by atoms with Crippen LogP contribution >= 0.6 is 11.8 Å². The summed E-state index contributed by atoms with van der Waals surface area (Å²) in [5.74, 6) is -3.67. The van der Waals surface area contributed by atoms with Crippen LogP contribution in [0.25, 0.3) is 0 Å².